The van der Waals surface area contributed by atoms with Gasteiger partial charge < -0.3 is 15.8 Å². The van der Waals surface area contributed by atoms with E-state index in [1.54, 1.807) is 24.3 Å². The van der Waals surface area contributed by atoms with E-state index in [0.717, 1.165) is 39.4 Å². The molecule has 1 aromatic rings. The quantitative estimate of drug-likeness (QED) is 0.441. The highest BCUT2D eigenvalue weighted by atomic mass is 16.5. The van der Waals surface area contributed by atoms with Gasteiger partial charge in [0.25, 0.3) is 0 Å². The summed E-state index contributed by atoms with van der Waals surface area (Å²) in [5.41, 5.74) is 6.95. The van der Waals surface area contributed by atoms with Gasteiger partial charge in [-0.25, -0.2) is 0 Å². The molecule has 0 unspecified atom stereocenters. The van der Waals surface area contributed by atoms with Gasteiger partial charge in [0.15, 0.2) is 5.78 Å². The van der Waals surface area contributed by atoms with Crippen LogP contribution in [0.25, 0.3) is 0 Å². The van der Waals surface area contributed by atoms with Crippen LogP contribution in [0.5, 0.6) is 0 Å². The van der Waals surface area contributed by atoms with Gasteiger partial charge in [-0.05, 0) is 12.1 Å². The molecule has 0 saturated carbocycles. The van der Waals surface area contributed by atoms with Gasteiger partial charge in [0.1, 0.15) is 0 Å². The second kappa shape index (κ2) is 7.23. The minimum absolute atomic E-state index is 0.0780. The predicted octanol–water partition coefficient (Wildman–Crippen LogP) is 0.373. The lowest BCUT2D eigenvalue weighted by Gasteiger charge is -2.26. The molecule has 0 aliphatic carbocycles. The van der Waals surface area contributed by atoms with Gasteiger partial charge in [-0.2, -0.15) is 0 Å². The van der Waals surface area contributed by atoms with Crippen molar-refractivity contribution in [1.29, 1.82) is 0 Å². The molecule has 1 aliphatic heterocycles. The van der Waals surface area contributed by atoms with Crippen molar-refractivity contribution < 1.29 is 9.53 Å². The second-order valence-corrected chi connectivity index (χ2v) is 4.68. The van der Waals surface area contributed by atoms with Crippen molar-refractivity contribution in [3.05, 3.63) is 29.8 Å². The molecular formula is C14H21N3O2. The fourth-order valence-corrected chi connectivity index (χ4v) is 2.08. The lowest BCUT2D eigenvalue weighted by molar-refractivity contribution is 0.0384. The van der Waals surface area contributed by atoms with Gasteiger partial charge in [0.05, 0.1) is 19.8 Å². The molecule has 1 heterocycles. The van der Waals surface area contributed by atoms with Crippen LogP contribution in [-0.2, 0) is 4.74 Å². The smallest absolute Gasteiger partial charge is 0.176 e. The summed E-state index contributed by atoms with van der Waals surface area (Å²) in [4.78, 5) is 14.2. The summed E-state index contributed by atoms with van der Waals surface area (Å²) in [7, 11) is 0. The van der Waals surface area contributed by atoms with E-state index in [1.807, 2.05) is 0 Å². The summed E-state index contributed by atoms with van der Waals surface area (Å²) >= 11 is 0. The third kappa shape index (κ3) is 4.63. The maximum atomic E-state index is 11.9. The number of benzene rings is 1. The molecule has 19 heavy (non-hydrogen) atoms. The highest BCUT2D eigenvalue weighted by Crippen LogP contribution is 2.06. The number of nitrogen functional groups attached to an aromatic ring is 1. The number of carbonyl (C=O) groups is 1. The van der Waals surface area contributed by atoms with Crippen molar-refractivity contribution in [2.24, 2.45) is 0 Å². The van der Waals surface area contributed by atoms with Crippen molar-refractivity contribution in [2.45, 2.75) is 0 Å². The highest BCUT2D eigenvalue weighted by molar-refractivity contribution is 5.98. The second-order valence-electron chi connectivity index (χ2n) is 4.68. The molecule has 104 valence electrons. The molecule has 5 heteroatoms. The molecule has 2 rings (SSSR count). The number of carbonyl (C=O) groups excluding carboxylic acids is 1. The van der Waals surface area contributed by atoms with Gasteiger partial charge in [-0.15, -0.1) is 0 Å². The van der Waals surface area contributed by atoms with Crippen molar-refractivity contribution in [1.82, 2.24) is 10.2 Å². The van der Waals surface area contributed by atoms with Crippen LogP contribution in [0.15, 0.2) is 24.3 Å². The topological polar surface area (TPSA) is 67.6 Å². The molecule has 1 aliphatic rings. The third-order valence-corrected chi connectivity index (χ3v) is 3.20. The Morgan fingerprint density at radius 1 is 1.37 bits per heavy atom. The average Bonchev–Trinajstić information content (AvgIpc) is 2.44. The average molecular weight is 263 g/mol. The van der Waals surface area contributed by atoms with Crippen LogP contribution < -0.4 is 11.1 Å². The van der Waals surface area contributed by atoms with Gasteiger partial charge in [-0.3, -0.25) is 9.69 Å². The minimum Gasteiger partial charge on any atom is -0.399 e. The Morgan fingerprint density at radius 2 is 2.16 bits per heavy atom. The number of anilines is 1. The van der Waals surface area contributed by atoms with Crippen LogP contribution in [0.1, 0.15) is 10.4 Å². The number of rotatable bonds is 6. The Labute approximate surface area is 113 Å². The summed E-state index contributed by atoms with van der Waals surface area (Å²) in [5, 5.41) is 3.18. The standard InChI is InChI=1S/C14H21N3O2/c15-13-3-1-2-12(10-13)14(18)11-16-4-5-17-6-8-19-9-7-17/h1-3,10,16H,4-9,11,15H2. The number of nitrogens with zero attached hydrogens (tertiary/aromatic N) is 1. The summed E-state index contributed by atoms with van der Waals surface area (Å²) in [5.74, 6) is 0.0780. The van der Waals surface area contributed by atoms with E-state index in [0.29, 0.717) is 17.8 Å². The Bertz CT molecular complexity index is 417. The largest absolute Gasteiger partial charge is 0.399 e. The molecule has 0 bridgehead atoms. The van der Waals surface area contributed by atoms with Crippen molar-refractivity contribution in [3.8, 4) is 0 Å². The van der Waals surface area contributed by atoms with Gasteiger partial charge >= 0.3 is 0 Å². The summed E-state index contributed by atoms with van der Waals surface area (Å²) in [6.45, 7) is 5.69. The number of nitrogens with two attached hydrogens (primary N) is 1. The number of morpholine rings is 1. The maximum Gasteiger partial charge on any atom is 0.176 e. The molecule has 0 atom stereocenters. The van der Waals surface area contributed by atoms with E-state index in [2.05, 4.69) is 10.2 Å². The van der Waals surface area contributed by atoms with E-state index < -0.39 is 0 Å². The zero-order valence-electron chi connectivity index (χ0n) is 11.1. The number of ether oxygens (including phenoxy) is 1. The molecule has 1 fully saturated rings. The summed E-state index contributed by atoms with van der Waals surface area (Å²) in [6.07, 6.45) is 0. The number of hydrogen-bond acceptors (Lipinski definition) is 5. The van der Waals surface area contributed by atoms with Crippen LogP contribution >= 0.6 is 0 Å². The van der Waals surface area contributed by atoms with Crippen molar-refractivity contribution >= 4 is 11.5 Å². The molecule has 0 spiro atoms. The van der Waals surface area contributed by atoms with Crippen LogP contribution in [0.3, 0.4) is 0 Å². The van der Waals surface area contributed by atoms with Gasteiger partial charge in [0, 0.05) is 37.4 Å². The molecule has 0 amide bonds. The SMILES string of the molecule is Nc1cccc(C(=O)CNCCN2CCOCC2)c1. The molecular weight excluding hydrogens is 242 g/mol. The molecule has 5 nitrogen and oxygen atoms in total. The van der Waals surface area contributed by atoms with Crippen molar-refractivity contribution in [2.75, 3.05) is 51.7 Å². The first kappa shape index (κ1) is 14.0. The number of nitrogens with one attached hydrogen (secondary N) is 1. The van der Waals surface area contributed by atoms with Crippen LogP contribution in [0.2, 0.25) is 0 Å². The molecule has 0 radical (unpaired) electrons. The first-order valence-electron chi connectivity index (χ1n) is 6.65. The Morgan fingerprint density at radius 3 is 2.89 bits per heavy atom. The first-order chi connectivity index (χ1) is 9.25. The van der Waals surface area contributed by atoms with E-state index >= 15 is 0 Å². The van der Waals surface area contributed by atoms with Crippen molar-refractivity contribution in [3.63, 3.8) is 0 Å². The molecule has 3 N–H and O–H groups in total. The van der Waals surface area contributed by atoms with Gasteiger partial charge in [0.2, 0.25) is 0 Å². The highest BCUT2D eigenvalue weighted by Gasteiger charge is 2.10. The fourth-order valence-electron chi connectivity index (χ4n) is 2.08. The van der Waals surface area contributed by atoms with Crippen LogP contribution in [0, 0.1) is 0 Å². The lowest BCUT2D eigenvalue weighted by Crippen LogP contribution is -2.41. The zero-order valence-corrected chi connectivity index (χ0v) is 11.1. The minimum atomic E-state index is 0.0780. The Hall–Kier alpha value is -1.43. The monoisotopic (exact) mass is 263 g/mol. The molecule has 0 aromatic heterocycles. The first-order valence-corrected chi connectivity index (χ1v) is 6.65. The van der Waals surface area contributed by atoms with E-state index in [9.17, 15) is 4.79 Å². The normalized spacial score (nSPS) is 16.4. The predicted molar refractivity (Wildman–Crippen MR) is 75.3 cm³/mol. The zero-order chi connectivity index (χ0) is 13.5. The third-order valence-electron chi connectivity index (χ3n) is 3.20. The van der Waals surface area contributed by atoms with Crippen LogP contribution in [0.4, 0.5) is 5.69 Å². The molecule has 1 saturated heterocycles. The Kier molecular flexibility index (Phi) is 5.32. The number of hydrogen-bond donors (Lipinski definition) is 2. The number of ketones is 1. The van der Waals surface area contributed by atoms with Gasteiger partial charge in [-0.1, -0.05) is 12.1 Å². The molecule has 1 aromatic carbocycles. The fraction of sp³-hybridized carbons (Fsp3) is 0.500. The maximum absolute atomic E-state index is 11.9. The van der Waals surface area contributed by atoms with E-state index in [1.165, 1.54) is 0 Å². The van der Waals surface area contributed by atoms with E-state index in [-0.39, 0.29) is 5.78 Å². The summed E-state index contributed by atoms with van der Waals surface area (Å²) in [6, 6.07) is 7.09. The van der Waals surface area contributed by atoms with E-state index in [4.69, 9.17) is 10.5 Å². The lowest BCUT2D eigenvalue weighted by atomic mass is 10.1. The Balaban J connectivity index is 1.66. The number of Topliss-reactive ketones (excluding diaryl/α,β-unsaturated/α-hetero) is 1. The van der Waals surface area contributed by atoms with Crippen LogP contribution in [-0.4, -0.2) is 56.6 Å². The summed E-state index contributed by atoms with van der Waals surface area (Å²) < 4.78 is 5.29.